The highest BCUT2D eigenvalue weighted by atomic mass is 35.5. The van der Waals surface area contributed by atoms with Gasteiger partial charge in [-0.25, -0.2) is 0 Å². The Morgan fingerprint density at radius 3 is 2.50 bits per heavy atom. The van der Waals surface area contributed by atoms with Gasteiger partial charge in [-0.2, -0.15) is 0 Å². The quantitative estimate of drug-likeness (QED) is 0.861. The molecule has 0 bridgehead atoms. The van der Waals surface area contributed by atoms with Crippen molar-refractivity contribution < 1.29 is 4.79 Å². The van der Waals surface area contributed by atoms with Crippen LogP contribution in [0.25, 0.3) is 0 Å². The van der Waals surface area contributed by atoms with Crippen LogP contribution in [-0.2, 0) is 4.79 Å². The van der Waals surface area contributed by atoms with E-state index < -0.39 is 0 Å². The number of hydrogen-bond donors (Lipinski definition) is 2. The molecule has 122 valence electrons. The van der Waals surface area contributed by atoms with Crippen LogP contribution < -0.4 is 11.1 Å². The molecule has 1 saturated heterocycles. The van der Waals surface area contributed by atoms with E-state index in [2.05, 4.69) is 17.1 Å². The van der Waals surface area contributed by atoms with Gasteiger partial charge in [-0.3, -0.25) is 4.79 Å². The topological polar surface area (TPSA) is 58.4 Å². The summed E-state index contributed by atoms with van der Waals surface area (Å²) in [5.41, 5.74) is 6.43. The molecule has 2 rings (SSSR count). The maximum Gasteiger partial charge on any atom is 0.225 e. The van der Waals surface area contributed by atoms with Gasteiger partial charge in [-0.05, 0) is 50.9 Å². The number of hydrogen-bond acceptors (Lipinski definition) is 3. The van der Waals surface area contributed by atoms with Gasteiger partial charge < -0.3 is 16.0 Å². The molecule has 0 aromatic heterocycles. The van der Waals surface area contributed by atoms with Crippen LogP contribution in [0.3, 0.4) is 0 Å². The Balaban J connectivity index is 1.77. The van der Waals surface area contributed by atoms with Crippen molar-refractivity contribution in [2.75, 3.05) is 25.0 Å². The summed E-state index contributed by atoms with van der Waals surface area (Å²) in [7, 11) is 0. The highest BCUT2D eigenvalue weighted by molar-refractivity contribution is 6.39. The Morgan fingerprint density at radius 1 is 1.36 bits per heavy atom. The first kappa shape index (κ1) is 17.5. The molecule has 1 heterocycles. The van der Waals surface area contributed by atoms with Gasteiger partial charge >= 0.3 is 0 Å². The predicted octanol–water partition coefficient (Wildman–Crippen LogP) is 3.38. The molecule has 0 saturated carbocycles. The molecular weight excluding hydrogens is 321 g/mol. The van der Waals surface area contributed by atoms with E-state index in [0.29, 0.717) is 28.1 Å². The highest BCUT2D eigenvalue weighted by Gasteiger charge is 2.22. The number of carbonyl (C=O) groups excluding carboxylic acids is 1. The molecule has 4 nitrogen and oxygen atoms in total. The van der Waals surface area contributed by atoms with Crippen LogP contribution >= 0.6 is 23.2 Å². The number of nitrogens with two attached hydrogens (primary N) is 1. The molecule has 1 aromatic carbocycles. The lowest BCUT2D eigenvalue weighted by atomic mass is 9.91. The summed E-state index contributed by atoms with van der Waals surface area (Å²) in [6, 6.07) is 5.43. The first-order valence-corrected chi connectivity index (χ1v) is 8.44. The second kappa shape index (κ2) is 8.16. The van der Waals surface area contributed by atoms with Gasteiger partial charge in [-0.1, -0.05) is 29.3 Å². The van der Waals surface area contributed by atoms with Crippen LogP contribution in [0.2, 0.25) is 10.0 Å². The largest absolute Gasteiger partial charge is 0.328 e. The number of anilines is 1. The summed E-state index contributed by atoms with van der Waals surface area (Å²) in [4.78, 5) is 14.4. The first-order valence-electron chi connectivity index (χ1n) is 7.69. The summed E-state index contributed by atoms with van der Waals surface area (Å²) in [6.07, 6.45) is 2.65. The monoisotopic (exact) mass is 343 g/mol. The third kappa shape index (κ3) is 4.85. The van der Waals surface area contributed by atoms with Gasteiger partial charge in [0, 0.05) is 19.0 Å². The van der Waals surface area contributed by atoms with Crippen molar-refractivity contribution in [3.63, 3.8) is 0 Å². The number of likely N-dealkylation sites (tertiary alicyclic amines) is 1. The molecule has 1 fully saturated rings. The van der Waals surface area contributed by atoms with Crippen LogP contribution in [0.1, 0.15) is 26.2 Å². The molecule has 1 amide bonds. The smallest absolute Gasteiger partial charge is 0.225 e. The third-order valence-electron chi connectivity index (χ3n) is 4.26. The standard InChI is InChI=1S/C16H23Cl2N3O/c1-11(19)12-5-8-21(9-6-12)10-7-15(22)20-16-13(17)3-2-4-14(16)18/h2-4,11-12H,5-10,19H2,1H3,(H,20,22). The van der Waals surface area contributed by atoms with Gasteiger partial charge in [0.15, 0.2) is 0 Å². The lowest BCUT2D eigenvalue weighted by molar-refractivity contribution is -0.116. The van der Waals surface area contributed by atoms with Gasteiger partial charge in [0.05, 0.1) is 15.7 Å². The molecule has 0 radical (unpaired) electrons. The van der Waals surface area contributed by atoms with E-state index in [1.807, 2.05) is 0 Å². The fourth-order valence-electron chi connectivity index (χ4n) is 2.78. The van der Waals surface area contributed by atoms with Gasteiger partial charge in [0.25, 0.3) is 0 Å². The molecule has 22 heavy (non-hydrogen) atoms. The molecule has 1 aromatic rings. The van der Waals surface area contributed by atoms with E-state index in [0.717, 1.165) is 32.5 Å². The number of nitrogens with one attached hydrogen (secondary N) is 1. The Labute approximate surface area is 141 Å². The molecule has 1 unspecified atom stereocenters. The molecule has 1 aliphatic rings. The number of amides is 1. The number of nitrogens with zero attached hydrogens (tertiary/aromatic N) is 1. The number of rotatable bonds is 5. The minimum atomic E-state index is -0.0654. The number of carbonyl (C=O) groups is 1. The zero-order valence-electron chi connectivity index (χ0n) is 12.8. The molecule has 0 aliphatic carbocycles. The Hall–Kier alpha value is -0.810. The Bertz CT molecular complexity index is 494. The van der Waals surface area contributed by atoms with Crippen molar-refractivity contribution in [2.24, 2.45) is 11.7 Å². The molecule has 1 aliphatic heterocycles. The van der Waals surface area contributed by atoms with E-state index in [1.54, 1.807) is 18.2 Å². The normalized spacial score (nSPS) is 18.2. The van der Waals surface area contributed by atoms with Gasteiger partial charge in [-0.15, -0.1) is 0 Å². The van der Waals surface area contributed by atoms with Crippen molar-refractivity contribution in [2.45, 2.75) is 32.2 Å². The zero-order valence-corrected chi connectivity index (χ0v) is 14.3. The van der Waals surface area contributed by atoms with E-state index >= 15 is 0 Å². The maximum absolute atomic E-state index is 12.1. The number of halogens is 2. The minimum absolute atomic E-state index is 0.0654. The summed E-state index contributed by atoms with van der Waals surface area (Å²) >= 11 is 12.1. The van der Waals surface area contributed by atoms with Crippen LogP contribution in [0.5, 0.6) is 0 Å². The molecule has 0 spiro atoms. The van der Waals surface area contributed by atoms with Crippen molar-refractivity contribution >= 4 is 34.8 Å². The first-order chi connectivity index (χ1) is 10.5. The SMILES string of the molecule is CC(N)C1CCN(CCC(=O)Nc2c(Cl)cccc2Cl)CC1. The number of para-hydroxylation sites is 1. The summed E-state index contributed by atoms with van der Waals surface area (Å²) < 4.78 is 0. The summed E-state index contributed by atoms with van der Waals surface area (Å²) in [5.74, 6) is 0.538. The average molecular weight is 344 g/mol. The van der Waals surface area contributed by atoms with E-state index in [9.17, 15) is 4.79 Å². The predicted molar refractivity (Wildman–Crippen MR) is 92.5 cm³/mol. The van der Waals surface area contributed by atoms with Crippen molar-refractivity contribution in [1.82, 2.24) is 4.90 Å². The van der Waals surface area contributed by atoms with Crippen LogP contribution in [0, 0.1) is 5.92 Å². The van der Waals surface area contributed by atoms with Crippen molar-refractivity contribution in [3.05, 3.63) is 28.2 Å². The van der Waals surface area contributed by atoms with E-state index in [1.165, 1.54) is 0 Å². The highest BCUT2D eigenvalue weighted by Crippen LogP contribution is 2.29. The third-order valence-corrected chi connectivity index (χ3v) is 4.89. The summed E-state index contributed by atoms with van der Waals surface area (Å²) in [5, 5.41) is 3.71. The fourth-order valence-corrected chi connectivity index (χ4v) is 3.27. The van der Waals surface area contributed by atoms with Gasteiger partial charge in [0.1, 0.15) is 0 Å². The molecule has 1 atom stereocenters. The summed E-state index contributed by atoms with van der Waals surface area (Å²) in [6.45, 7) is 4.83. The van der Waals surface area contributed by atoms with Crippen LogP contribution in [0.4, 0.5) is 5.69 Å². The molecular formula is C16H23Cl2N3O. The second-order valence-corrected chi connectivity index (χ2v) is 6.75. The Kier molecular flexibility index (Phi) is 6.50. The van der Waals surface area contributed by atoms with E-state index in [4.69, 9.17) is 28.9 Å². The number of piperidine rings is 1. The van der Waals surface area contributed by atoms with E-state index in [-0.39, 0.29) is 11.9 Å². The molecule has 6 heteroatoms. The zero-order chi connectivity index (χ0) is 16.1. The second-order valence-electron chi connectivity index (χ2n) is 5.93. The van der Waals surface area contributed by atoms with Gasteiger partial charge in [0.2, 0.25) is 5.91 Å². The molecule has 3 N–H and O–H groups in total. The minimum Gasteiger partial charge on any atom is -0.328 e. The fraction of sp³-hybridized carbons (Fsp3) is 0.562. The van der Waals surface area contributed by atoms with Crippen molar-refractivity contribution in [3.8, 4) is 0 Å². The lowest BCUT2D eigenvalue weighted by Crippen LogP contribution is -2.40. The lowest BCUT2D eigenvalue weighted by Gasteiger charge is -2.33. The Morgan fingerprint density at radius 2 is 1.95 bits per heavy atom. The van der Waals surface area contributed by atoms with Crippen LogP contribution in [0.15, 0.2) is 18.2 Å². The number of benzene rings is 1. The average Bonchev–Trinajstić information content (AvgIpc) is 2.49. The van der Waals surface area contributed by atoms with Crippen LogP contribution in [-0.4, -0.2) is 36.5 Å². The van der Waals surface area contributed by atoms with Crippen molar-refractivity contribution in [1.29, 1.82) is 0 Å². The maximum atomic E-state index is 12.1.